The summed E-state index contributed by atoms with van der Waals surface area (Å²) in [5.41, 5.74) is 2.50. The number of nitrogens with zero attached hydrogens (tertiary/aromatic N) is 4. The second-order valence-corrected chi connectivity index (χ2v) is 12.1. The van der Waals surface area contributed by atoms with E-state index in [9.17, 15) is 17.6 Å². The zero-order chi connectivity index (χ0) is 28.6. The number of ether oxygens (including phenoxy) is 1. The van der Waals surface area contributed by atoms with Gasteiger partial charge in [-0.25, -0.2) is 22.8 Å². The van der Waals surface area contributed by atoms with Crippen molar-refractivity contribution in [2.24, 2.45) is 0 Å². The van der Waals surface area contributed by atoms with Gasteiger partial charge in [-0.2, -0.15) is 0 Å². The third-order valence-corrected chi connectivity index (χ3v) is 7.95. The number of rotatable bonds is 6. The van der Waals surface area contributed by atoms with E-state index >= 15 is 0 Å². The molecule has 5 rings (SSSR count). The molecule has 0 aliphatic carbocycles. The molecule has 3 aromatic heterocycles. The van der Waals surface area contributed by atoms with Crippen LogP contribution in [0.4, 0.5) is 10.2 Å². The Balaban J connectivity index is 1.36. The zero-order valence-electron chi connectivity index (χ0n) is 22.7. The average molecular weight is 564 g/mol. The molecule has 0 radical (unpaired) electrons. The number of sulfone groups is 1. The Hall–Kier alpha value is -3.96. The molecular formula is C29H30FN5O4S. The minimum absolute atomic E-state index is 0.00331. The number of benzene rings is 1. The van der Waals surface area contributed by atoms with Gasteiger partial charge in [0.05, 0.1) is 51.8 Å². The van der Waals surface area contributed by atoms with E-state index in [1.807, 2.05) is 30.3 Å². The van der Waals surface area contributed by atoms with Crippen LogP contribution < -0.4 is 10.2 Å². The molecule has 1 amide bonds. The van der Waals surface area contributed by atoms with Crippen LogP contribution in [0.15, 0.2) is 59.6 Å². The number of nitrogens with one attached hydrogen (secondary N) is 1. The fourth-order valence-electron chi connectivity index (χ4n) is 4.90. The Morgan fingerprint density at radius 1 is 1.07 bits per heavy atom. The lowest BCUT2D eigenvalue weighted by molar-refractivity contribution is -0.00545. The van der Waals surface area contributed by atoms with Crippen LogP contribution in [0, 0.1) is 12.7 Å². The summed E-state index contributed by atoms with van der Waals surface area (Å²) in [7, 11) is -3.62. The molecule has 1 N–H and O–H groups in total. The number of hydrogen-bond donors (Lipinski definition) is 1. The van der Waals surface area contributed by atoms with Gasteiger partial charge in [0.15, 0.2) is 9.84 Å². The van der Waals surface area contributed by atoms with E-state index in [2.05, 4.69) is 29.0 Å². The first-order valence-electron chi connectivity index (χ1n) is 12.9. The molecule has 4 aromatic rings. The van der Waals surface area contributed by atoms with Crippen molar-refractivity contribution in [2.45, 2.75) is 44.4 Å². The molecule has 0 bridgehead atoms. The number of aryl methyl sites for hydroxylation is 1. The molecule has 11 heteroatoms. The number of amides is 1. The highest BCUT2D eigenvalue weighted by atomic mass is 32.2. The summed E-state index contributed by atoms with van der Waals surface area (Å²) in [6, 6.07) is 13.5. The fourth-order valence-corrected chi connectivity index (χ4v) is 5.87. The summed E-state index contributed by atoms with van der Waals surface area (Å²) in [5, 5.41) is 3.44. The van der Waals surface area contributed by atoms with Gasteiger partial charge < -0.3 is 15.0 Å². The number of fused-ring (bicyclic) bond motifs is 1. The molecule has 1 fully saturated rings. The maximum absolute atomic E-state index is 14.5. The summed E-state index contributed by atoms with van der Waals surface area (Å²) < 4.78 is 44.4. The van der Waals surface area contributed by atoms with E-state index in [0.717, 1.165) is 48.4 Å². The van der Waals surface area contributed by atoms with E-state index in [4.69, 9.17) is 14.7 Å². The van der Waals surface area contributed by atoms with Crippen molar-refractivity contribution in [1.29, 1.82) is 0 Å². The molecule has 1 aliphatic heterocycles. The van der Waals surface area contributed by atoms with Crippen LogP contribution in [0.3, 0.4) is 0 Å². The molecule has 1 saturated heterocycles. The molecular weight excluding hydrogens is 533 g/mol. The fraction of sp³-hybridized carbons (Fsp3) is 0.310. The predicted molar refractivity (Wildman–Crippen MR) is 150 cm³/mol. The van der Waals surface area contributed by atoms with Crippen molar-refractivity contribution < 1.29 is 22.3 Å². The number of pyridine rings is 3. The van der Waals surface area contributed by atoms with Crippen LogP contribution in [0.5, 0.6) is 0 Å². The van der Waals surface area contributed by atoms with E-state index in [0.29, 0.717) is 16.9 Å². The molecule has 0 spiro atoms. The summed E-state index contributed by atoms with van der Waals surface area (Å²) >= 11 is 0. The Morgan fingerprint density at radius 3 is 2.52 bits per heavy atom. The number of carbonyl (C=O) groups excluding carboxylic acids is 1. The van der Waals surface area contributed by atoms with Crippen LogP contribution in [-0.4, -0.2) is 60.8 Å². The Kier molecular flexibility index (Phi) is 7.52. The minimum Gasteiger partial charge on any atom is -0.372 e. The highest BCUT2D eigenvalue weighted by Crippen LogP contribution is 2.25. The van der Waals surface area contributed by atoms with Gasteiger partial charge in [-0.05, 0) is 68.8 Å². The minimum atomic E-state index is -3.62. The van der Waals surface area contributed by atoms with Crippen LogP contribution >= 0.6 is 0 Å². The van der Waals surface area contributed by atoms with Gasteiger partial charge in [-0.3, -0.25) is 9.78 Å². The molecule has 1 aromatic carbocycles. The SMILES string of the molecule is Cc1cc(F)c(C(=O)NCc2cc3nc(-c4cccc(N5C[C@@H](C)O[C@@H](C)C5)n4)ccc3cn2)cc1S(C)(=O)=O. The van der Waals surface area contributed by atoms with Crippen molar-refractivity contribution >= 4 is 32.5 Å². The van der Waals surface area contributed by atoms with Crippen molar-refractivity contribution in [3.05, 3.63) is 77.4 Å². The van der Waals surface area contributed by atoms with E-state index in [-0.39, 0.29) is 34.8 Å². The second-order valence-electron chi connectivity index (χ2n) is 10.2. The standard InChI is InChI=1S/C29H30FN5O4S/c1-17-10-23(30)22(12-27(17)40(4,37)38)29(36)32-14-21-11-26-20(13-31-21)8-9-25(33-26)24-6-5-7-28(34-24)35-15-18(2)39-19(3)16-35/h5-13,18-19H,14-16H2,1-4H3,(H,32,36)/t18-,19+. The lowest BCUT2D eigenvalue weighted by Crippen LogP contribution is -2.45. The summed E-state index contributed by atoms with van der Waals surface area (Å²) in [5.74, 6) is -0.670. The number of aromatic nitrogens is 3. The monoisotopic (exact) mass is 563 g/mol. The first-order chi connectivity index (χ1) is 19.0. The number of anilines is 1. The van der Waals surface area contributed by atoms with E-state index in [1.54, 1.807) is 12.3 Å². The maximum atomic E-state index is 14.5. The van der Waals surface area contributed by atoms with Crippen molar-refractivity contribution in [1.82, 2.24) is 20.3 Å². The highest BCUT2D eigenvalue weighted by molar-refractivity contribution is 7.90. The topological polar surface area (TPSA) is 114 Å². The largest absolute Gasteiger partial charge is 0.372 e. The molecule has 1 aliphatic rings. The Morgan fingerprint density at radius 2 is 1.80 bits per heavy atom. The number of morpholine rings is 1. The first kappa shape index (κ1) is 27.6. The number of carbonyl (C=O) groups is 1. The van der Waals surface area contributed by atoms with Crippen LogP contribution in [0.25, 0.3) is 22.3 Å². The first-order valence-corrected chi connectivity index (χ1v) is 14.8. The summed E-state index contributed by atoms with van der Waals surface area (Å²) in [6.07, 6.45) is 2.90. The Labute approximate surface area is 232 Å². The third kappa shape index (κ3) is 5.95. The highest BCUT2D eigenvalue weighted by Gasteiger charge is 2.23. The summed E-state index contributed by atoms with van der Waals surface area (Å²) in [6.45, 7) is 7.11. The molecule has 0 saturated carbocycles. The smallest absolute Gasteiger partial charge is 0.254 e. The number of halogens is 1. The quantitative estimate of drug-likeness (QED) is 0.349. The van der Waals surface area contributed by atoms with Gasteiger partial charge in [-0.1, -0.05) is 6.07 Å². The molecule has 208 valence electrons. The van der Waals surface area contributed by atoms with Crippen molar-refractivity contribution in [3.63, 3.8) is 0 Å². The van der Waals surface area contributed by atoms with Crippen LogP contribution in [0.2, 0.25) is 0 Å². The second kappa shape index (κ2) is 10.9. The van der Waals surface area contributed by atoms with Crippen molar-refractivity contribution in [2.75, 3.05) is 24.2 Å². The van der Waals surface area contributed by atoms with Crippen molar-refractivity contribution in [3.8, 4) is 11.4 Å². The van der Waals surface area contributed by atoms with E-state index in [1.165, 1.54) is 6.92 Å². The maximum Gasteiger partial charge on any atom is 0.254 e. The lowest BCUT2D eigenvalue weighted by atomic mass is 10.1. The predicted octanol–water partition coefficient (Wildman–Crippen LogP) is 4.09. The Bertz CT molecular complexity index is 1700. The number of hydrogen-bond acceptors (Lipinski definition) is 8. The van der Waals surface area contributed by atoms with Gasteiger partial charge in [0.1, 0.15) is 11.6 Å². The molecule has 2 atom stereocenters. The summed E-state index contributed by atoms with van der Waals surface area (Å²) in [4.78, 5) is 28.9. The van der Waals surface area contributed by atoms with Gasteiger partial charge >= 0.3 is 0 Å². The van der Waals surface area contributed by atoms with Gasteiger partial charge in [0.25, 0.3) is 5.91 Å². The van der Waals surface area contributed by atoms with Gasteiger partial charge in [-0.15, -0.1) is 0 Å². The zero-order valence-corrected chi connectivity index (χ0v) is 23.5. The van der Waals surface area contributed by atoms with Crippen LogP contribution in [-0.2, 0) is 21.1 Å². The molecule has 0 unspecified atom stereocenters. The van der Waals surface area contributed by atoms with Gasteiger partial charge in [0, 0.05) is 30.9 Å². The normalized spacial score (nSPS) is 17.7. The van der Waals surface area contributed by atoms with E-state index < -0.39 is 21.6 Å². The average Bonchev–Trinajstić information content (AvgIpc) is 2.90. The van der Waals surface area contributed by atoms with Gasteiger partial charge in [0.2, 0.25) is 0 Å². The van der Waals surface area contributed by atoms with Crippen LogP contribution in [0.1, 0.15) is 35.5 Å². The third-order valence-electron chi connectivity index (χ3n) is 6.71. The lowest BCUT2D eigenvalue weighted by Gasteiger charge is -2.36. The molecule has 9 nitrogen and oxygen atoms in total. The molecule has 40 heavy (non-hydrogen) atoms. The molecule has 4 heterocycles.